The van der Waals surface area contributed by atoms with Crippen LogP contribution in [0.25, 0.3) is 0 Å². The molecule has 2 heterocycles. The Balaban J connectivity index is 1.36. The first-order chi connectivity index (χ1) is 15.2. The van der Waals surface area contributed by atoms with Gasteiger partial charge in [-0.15, -0.1) is 0 Å². The fourth-order valence-corrected chi connectivity index (χ4v) is 3.22. The molecular weight excluding hydrogens is 388 g/mol. The van der Waals surface area contributed by atoms with E-state index in [-0.39, 0.29) is 11.8 Å². The Bertz CT molecular complexity index is 962. The van der Waals surface area contributed by atoms with Crippen LogP contribution in [0.5, 0.6) is 0 Å². The molecule has 6 heteroatoms. The molecule has 3 aromatic rings. The highest BCUT2D eigenvalue weighted by Gasteiger charge is 2.06. The van der Waals surface area contributed by atoms with Crippen molar-refractivity contribution in [1.29, 1.82) is 0 Å². The minimum absolute atomic E-state index is 0.0138. The molecule has 0 saturated heterocycles. The van der Waals surface area contributed by atoms with Crippen LogP contribution in [0, 0.1) is 0 Å². The lowest BCUT2D eigenvalue weighted by Crippen LogP contribution is -2.22. The minimum atomic E-state index is -0.0216. The van der Waals surface area contributed by atoms with E-state index < -0.39 is 0 Å². The molecule has 0 saturated carbocycles. The number of nitrogens with zero attached hydrogens (tertiary/aromatic N) is 2. The second-order valence-corrected chi connectivity index (χ2v) is 7.37. The summed E-state index contributed by atoms with van der Waals surface area (Å²) in [6.07, 6.45) is 7.50. The number of aryl methyl sites for hydroxylation is 2. The molecular formula is C25H28N4O2. The Labute approximate surface area is 183 Å². The summed E-state index contributed by atoms with van der Waals surface area (Å²) >= 11 is 0. The van der Waals surface area contributed by atoms with Gasteiger partial charge in [0, 0.05) is 48.9 Å². The van der Waals surface area contributed by atoms with Gasteiger partial charge in [0.2, 0.25) is 11.8 Å². The molecule has 0 atom stereocenters. The van der Waals surface area contributed by atoms with E-state index in [2.05, 4.69) is 20.6 Å². The van der Waals surface area contributed by atoms with Gasteiger partial charge in [-0.2, -0.15) is 0 Å². The van der Waals surface area contributed by atoms with Crippen LogP contribution in [0.2, 0.25) is 0 Å². The van der Waals surface area contributed by atoms with E-state index in [0.717, 1.165) is 48.3 Å². The topological polar surface area (TPSA) is 84.0 Å². The maximum Gasteiger partial charge on any atom is 0.224 e. The third-order valence-electron chi connectivity index (χ3n) is 4.83. The zero-order valence-corrected chi connectivity index (χ0v) is 17.6. The average molecular weight is 417 g/mol. The van der Waals surface area contributed by atoms with Crippen molar-refractivity contribution in [3.05, 3.63) is 90.0 Å². The van der Waals surface area contributed by atoms with Gasteiger partial charge >= 0.3 is 0 Å². The van der Waals surface area contributed by atoms with Crippen molar-refractivity contribution in [2.24, 2.45) is 0 Å². The molecule has 3 rings (SSSR count). The maximum absolute atomic E-state index is 12.2. The summed E-state index contributed by atoms with van der Waals surface area (Å²) in [7, 11) is 0. The number of nitrogens with one attached hydrogen (secondary N) is 2. The van der Waals surface area contributed by atoms with E-state index >= 15 is 0 Å². The molecule has 1 aromatic carbocycles. The van der Waals surface area contributed by atoms with Gasteiger partial charge in [0.25, 0.3) is 0 Å². The highest BCUT2D eigenvalue weighted by Crippen LogP contribution is 2.12. The summed E-state index contributed by atoms with van der Waals surface area (Å²) in [5, 5.41) is 5.87. The molecule has 0 aliphatic heterocycles. The van der Waals surface area contributed by atoms with Gasteiger partial charge in [-0.25, -0.2) is 0 Å². The molecule has 160 valence electrons. The van der Waals surface area contributed by atoms with Gasteiger partial charge in [0.15, 0.2) is 0 Å². The van der Waals surface area contributed by atoms with Crippen LogP contribution in [0.1, 0.15) is 42.6 Å². The number of amides is 2. The van der Waals surface area contributed by atoms with Crippen molar-refractivity contribution in [2.75, 3.05) is 5.32 Å². The molecule has 2 N–H and O–H groups in total. The average Bonchev–Trinajstić information content (AvgIpc) is 2.79. The molecule has 0 bridgehead atoms. The van der Waals surface area contributed by atoms with Gasteiger partial charge in [-0.05, 0) is 67.6 Å². The van der Waals surface area contributed by atoms with Gasteiger partial charge < -0.3 is 10.6 Å². The van der Waals surface area contributed by atoms with Crippen LogP contribution < -0.4 is 10.6 Å². The van der Waals surface area contributed by atoms with E-state index in [1.54, 1.807) is 12.4 Å². The van der Waals surface area contributed by atoms with Crippen molar-refractivity contribution in [3.8, 4) is 0 Å². The van der Waals surface area contributed by atoms with Crippen molar-refractivity contribution in [1.82, 2.24) is 15.3 Å². The number of pyridine rings is 2. The Kier molecular flexibility index (Phi) is 8.73. The van der Waals surface area contributed by atoms with E-state index in [9.17, 15) is 9.59 Å². The van der Waals surface area contributed by atoms with Crippen LogP contribution in [0.4, 0.5) is 5.69 Å². The van der Waals surface area contributed by atoms with E-state index in [0.29, 0.717) is 19.4 Å². The molecule has 0 unspecified atom stereocenters. The van der Waals surface area contributed by atoms with Crippen LogP contribution >= 0.6 is 0 Å². The highest BCUT2D eigenvalue weighted by atomic mass is 16.2. The summed E-state index contributed by atoms with van der Waals surface area (Å²) in [5.41, 5.74) is 3.68. The first-order valence-electron chi connectivity index (χ1n) is 10.6. The summed E-state index contributed by atoms with van der Waals surface area (Å²) in [4.78, 5) is 32.8. The smallest absolute Gasteiger partial charge is 0.224 e. The highest BCUT2D eigenvalue weighted by molar-refractivity contribution is 5.90. The first-order valence-corrected chi connectivity index (χ1v) is 10.6. The fraction of sp³-hybridized carbons (Fsp3) is 0.280. The lowest BCUT2D eigenvalue weighted by Gasteiger charge is -2.09. The fourth-order valence-electron chi connectivity index (χ4n) is 3.22. The number of carbonyl (C=O) groups excluding carboxylic acids is 2. The van der Waals surface area contributed by atoms with Gasteiger partial charge in [-0.3, -0.25) is 19.6 Å². The molecule has 2 aromatic heterocycles. The van der Waals surface area contributed by atoms with Gasteiger partial charge in [0.1, 0.15) is 0 Å². The van der Waals surface area contributed by atoms with Crippen LogP contribution in [-0.2, 0) is 29.0 Å². The predicted octanol–water partition coefficient (Wildman–Crippen LogP) is 4.08. The Morgan fingerprint density at radius 2 is 1.39 bits per heavy atom. The monoisotopic (exact) mass is 416 g/mol. The summed E-state index contributed by atoms with van der Waals surface area (Å²) < 4.78 is 0. The Morgan fingerprint density at radius 3 is 2.00 bits per heavy atom. The lowest BCUT2D eigenvalue weighted by molar-refractivity contribution is -0.121. The van der Waals surface area contributed by atoms with E-state index in [1.165, 1.54) is 0 Å². The number of hydrogen-bond acceptors (Lipinski definition) is 4. The summed E-state index contributed by atoms with van der Waals surface area (Å²) in [6, 6.07) is 19.2. The molecule has 31 heavy (non-hydrogen) atoms. The largest absolute Gasteiger partial charge is 0.352 e. The number of rotatable bonds is 11. The molecule has 0 aliphatic rings. The number of aromatic nitrogens is 2. The molecule has 0 fully saturated rings. The number of hydrogen-bond donors (Lipinski definition) is 2. The quantitative estimate of drug-likeness (QED) is 0.493. The second-order valence-electron chi connectivity index (χ2n) is 7.37. The van der Waals surface area contributed by atoms with Crippen molar-refractivity contribution >= 4 is 17.5 Å². The molecule has 0 spiro atoms. The predicted molar refractivity (Wildman–Crippen MR) is 121 cm³/mol. The number of benzene rings is 1. The summed E-state index contributed by atoms with van der Waals surface area (Å²) in [6.45, 7) is 0.436. The molecule has 0 radical (unpaired) electrons. The van der Waals surface area contributed by atoms with Gasteiger partial charge in [-0.1, -0.05) is 24.3 Å². The minimum Gasteiger partial charge on any atom is -0.352 e. The van der Waals surface area contributed by atoms with Crippen molar-refractivity contribution in [2.45, 2.75) is 45.1 Å². The third kappa shape index (κ3) is 8.38. The maximum atomic E-state index is 12.2. The standard InChI is InChI=1S/C25H28N4O2/c30-24(14-6-11-21-9-1-3-16-26-21)28-19-20-8-5-13-23(18-20)29-25(31)15-7-12-22-10-2-4-17-27-22/h1-5,8-10,13,16-18H,6-7,11-12,14-15,19H2,(H,28,30)(H,29,31). The molecule has 2 amide bonds. The van der Waals surface area contributed by atoms with E-state index in [1.807, 2.05) is 60.7 Å². The second kappa shape index (κ2) is 12.2. The molecule has 0 aliphatic carbocycles. The van der Waals surface area contributed by atoms with Crippen LogP contribution in [0.15, 0.2) is 73.1 Å². The Morgan fingerprint density at radius 1 is 0.742 bits per heavy atom. The lowest BCUT2D eigenvalue weighted by atomic mass is 10.1. The zero-order valence-electron chi connectivity index (χ0n) is 17.6. The third-order valence-corrected chi connectivity index (χ3v) is 4.83. The number of carbonyl (C=O) groups is 2. The molecule has 6 nitrogen and oxygen atoms in total. The Hall–Kier alpha value is -3.54. The van der Waals surface area contributed by atoms with Crippen molar-refractivity contribution < 1.29 is 9.59 Å². The SMILES string of the molecule is O=C(CCCc1ccccn1)NCc1cccc(NC(=O)CCCc2ccccn2)c1. The van der Waals surface area contributed by atoms with Gasteiger partial charge in [0.05, 0.1) is 0 Å². The van der Waals surface area contributed by atoms with Crippen LogP contribution in [-0.4, -0.2) is 21.8 Å². The van der Waals surface area contributed by atoms with Crippen LogP contribution in [0.3, 0.4) is 0 Å². The van der Waals surface area contributed by atoms with E-state index in [4.69, 9.17) is 0 Å². The number of anilines is 1. The normalized spacial score (nSPS) is 10.5. The van der Waals surface area contributed by atoms with Crippen molar-refractivity contribution in [3.63, 3.8) is 0 Å². The summed E-state index contributed by atoms with van der Waals surface area (Å²) in [5.74, 6) is -0.00784. The first kappa shape index (κ1) is 22.2. The zero-order chi connectivity index (χ0) is 21.7.